The smallest absolute Gasteiger partial charge is 0.406 e. The lowest BCUT2D eigenvalue weighted by Crippen LogP contribution is -2.18. The van der Waals surface area contributed by atoms with E-state index in [1.54, 1.807) is 0 Å². The molecule has 5 nitrogen and oxygen atoms in total. The van der Waals surface area contributed by atoms with Crippen molar-refractivity contribution < 1.29 is 44.2 Å². The van der Waals surface area contributed by atoms with Gasteiger partial charge in [-0.3, -0.25) is 4.72 Å². The van der Waals surface area contributed by atoms with Gasteiger partial charge in [-0.05, 0) is 36.4 Å². The normalized spacial score (nSPS) is 12.5. The molecule has 12 heteroatoms. The number of hydrogen-bond donors (Lipinski definition) is 1. The third kappa shape index (κ3) is 6.02. The van der Waals surface area contributed by atoms with Gasteiger partial charge in [0.25, 0.3) is 10.0 Å². The summed E-state index contributed by atoms with van der Waals surface area (Å²) < 4.78 is 106. The lowest BCUT2D eigenvalue weighted by Gasteiger charge is -2.12. The minimum absolute atomic E-state index is 0.234. The van der Waals surface area contributed by atoms with E-state index in [9.17, 15) is 34.8 Å². The Morgan fingerprint density at radius 3 is 1.85 bits per heavy atom. The van der Waals surface area contributed by atoms with E-state index in [1.807, 2.05) is 4.72 Å². The van der Waals surface area contributed by atoms with Crippen LogP contribution < -0.4 is 14.2 Å². The summed E-state index contributed by atoms with van der Waals surface area (Å²) in [5.41, 5.74) is -0.234. The molecule has 0 saturated heterocycles. The molecule has 0 radical (unpaired) electrons. The van der Waals surface area contributed by atoms with E-state index in [0.29, 0.717) is 0 Å². The molecule has 0 fully saturated rings. The lowest BCUT2D eigenvalue weighted by molar-refractivity contribution is -0.275. The standard InChI is InChI=1S/C14H9F6NO4S/c15-13(16,17)24-10-4-6-12(7-5-10)26(22,23)21-9-2-1-3-11(8-9)25-14(18,19)20/h1-8,21H. The minimum atomic E-state index is -4.95. The molecule has 0 aliphatic carbocycles. The fourth-order valence-electron chi connectivity index (χ4n) is 1.79. The number of rotatable bonds is 5. The van der Waals surface area contributed by atoms with E-state index < -0.39 is 39.1 Å². The average molecular weight is 401 g/mol. The van der Waals surface area contributed by atoms with E-state index in [1.165, 1.54) is 6.07 Å². The van der Waals surface area contributed by atoms with Gasteiger partial charge in [0.2, 0.25) is 0 Å². The highest BCUT2D eigenvalue weighted by Crippen LogP contribution is 2.27. The molecule has 0 bridgehead atoms. The van der Waals surface area contributed by atoms with Gasteiger partial charge in [-0.25, -0.2) is 8.42 Å². The van der Waals surface area contributed by atoms with Crippen molar-refractivity contribution in [3.05, 3.63) is 48.5 Å². The van der Waals surface area contributed by atoms with Gasteiger partial charge >= 0.3 is 12.7 Å². The van der Waals surface area contributed by atoms with E-state index in [4.69, 9.17) is 0 Å². The zero-order valence-corrected chi connectivity index (χ0v) is 13.2. The Bertz CT molecular complexity index is 862. The maximum atomic E-state index is 12.2. The highest BCUT2D eigenvalue weighted by molar-refractivity contribution is 7.92. The van der Waals surface area contributed by atoms with Crippen LogP contribution in [-0.2, 0) is 10.0 Å². The third-order valence-electron chi connectivity index (χ3n) is 2.69. The molecular weight excluding hydrogens is 392 g/mol. The predicted octanol–water partition coefficient (Wildman–Crippen LogP) is 4.28. The maximum absolute atomic E-state index is 12.2. The van der Waals surface area contributed by atoms with Crippen molar-refractivity contribution in [1.82, 2.24) is 0 Å². The largest absolute Gasteiger partial charge is 0.573 e. The highest BCUT2D eigenvalue weighted by Gasteiger charge is 2.32. The Hall–Kier alpha value is -2.63. The van der Waals surface area contributed by atoms with E-state index in [0.717, 1.165) is 42.5 Å². The van der Waals surface area contributed by atoms with Crippen LogP contribution in [0.5, 0.6) is 11.5 Å². The van der Waals surface area contributed by atoms with Gasteiger partial charge < -0.3 is 9.47 Å². The second-order valence-electron chi connectivity index (χ2n) is 4.70. The summed E-state index contributed by atoms with van der Waals surface area (Å²) in [5, 5.41) is 0. The van der Waals surface area contributed by atoms with E-state index >= 15 is 0 Å². The third-order valence-corrected chi connectivity index (χ3v) is 4.08. The van der Waals surface area contributed by atoms with Crippen LogP contribution in [0.2, 0.25) is 0 Å². The SMILES string of the molecule is O=S(=O)(Nc1cccc(OC(F)(F)F)c1)c1ccc(OC(F)(F)F)cc1. The molecule has 2 rings (SSSR count). The van der Waals surface area contributed by atoms with Crippen LogP contribution in [0.25, 0.3) is 0 Å². The zero-order chi connectivity index (χ0) is 19.6. The Morgan fingerprint density at radius 1 is 0.769 bits per heavy atom. The Morgan fingerprint density at radius 2 is 1.31 bits per heavy atom. The van der Waals surface area contributed by atoms with Crippen molar-refractivity contribution in [2.24, 2.45) is 0 Å². The molecule has 0 spiro atoms. The molecular formula is C14H9F6NO4S. The van der Waals surface area contributed by atoms with Gasteiger partial charge in [0, 0.05) is 6.07 Å². The summed E-state index contributed by atoms with van der Waals surface area (Å²) in [4.78, 5) is -0.422. The van der Waals surface area contributed by atoms with Crippen molar-refractivity contribution in [2.45, 2.75) is 17.6 Å². The van der Waals surface area contributed by atoms with Crippen molar-refractivity contribution in [1.29, 1.82) is 0 Å². The van der Waals surface area contributed by atoms with Crippen LogP contribution >= 0.6 is 0 Å². The number of sulfonamides is 1. The number of alkyl halides is 6. The zero-order valence-electron chi connectivity index (χ0n) is 12.4. The quantitative estimate of drug-likeness (QED) is 0.760. The number of anilines is 1. The van der Waals surface area contributed by atoms with Crippen molar-refractivity contribution in [3.8, 4) is 11.5 Å². The van der Waals surface area contributed by atoms with Crippen LogP contribution in [0, 0.1) is 0 Å². The van der Waals surface area contributed by atoms with Crippen molar-refractivity contribution in [3.63, 3.8) is 0 Å². The average Bonchev–Trinajstić information content (AvgIpc) is 2.44. The first kappa shape index (κ1) is 19.7. The molecule has 1 N–H and O–H groups in total. The second kappa shape index (κ2) is 6.94. The number of ether oxygens (including phenoxy) is 2. The number of nitrogens with one attached hydrogen (secondary N) is 1. The molecule has 2 aromatic carbocycles. The number of halogens is 6. The number of hydrogen-bond acceptors (Lipinski definition) is 4. The van der Waals surface area contributed by atoms with E-state index in [2.05, 4.69) is 9.47 Å². The van der Waals surface area contributed by atoms with Gasteiger partial charge in [0.05, 0.1) is 10.6 Å². The minimum Gasteiger partial charge on any atom is -0.406 e. The van der Waals surface area contributed by atoms with Crippen LogP contribution in [0.1, 0.15) is 0 Å². The van der Waals surface area contributed by atoms with Crippen LogP contribution in [0.4, 0.5) is 32.0 Å². The predicted molar refractivity (Wildman–Crippen MR) is 77.1 cm³/mol. The lowest BCUT2D eigenvalue weighted by atomic mass is 10.3. The molecule has 0 aromatic heterocycles. The molecule has 0 aliphatic rings. The summed E-state index contributed by atoms with van der Waals surface area (Å²) in [7, 11) is -4.26. The van der Waals surface area contributed by atoms with Crippen LogP contribution in [-0.4, -0.2) is 21.1 Å². The molecule has 0 aliphatic heterocycles. The fraction of sp³-hybridized carbons (Fsp3) is 0.143. The summed E-state index contributed by atoms with van der Waals surface area (Å²) in [6, 6.07) is 7.32. The molecule has 0 atom stereocenters. The summed E-state index contributed by atoms with van der Waals surface area (Å²) in [6.07, 6.45) is -9.89. The molecule has 142 valence electrons. The first-order chi connectivity index (χ1) is 11.8. The first-order valence-corrected chi connectivity index (χ1v) is 8.07. The monoisotopic (exact) mass is 401 g/mol. The molecule has 0 unspecified atom stereocenters. The summed E-state index contributed by atoms with van der Waals surface area (Å²) in [6.45, 7) is 0. The number of benzene rings is 2. The van der Waals surface area contributed by atoms with Crippen LogP contribution in [0.3, 0.4) is 0 Å². The van der Waals surface area contributed by atoms with Gasteiger partial charge in [0.15, 0.2) is 0 Å². The second-order valence-corrected chi connectivity index (χ2v) is 6.38. The first-order valence-electron chi connectivity index (χ1n) is 6.58. The van der Waals surface area contributed by atoms with Gasteiger partial charge in [-0.1, -0.05) is 6.07 Å². The Labute approximate surface area is 143 Å². The Balaban J connectivity index is 2.17. The molecule has 0 amide bonds. The van der Waals surface area contributed by atoms with Gasteiger partial charge in [-0.2, -0.15) is 0 Å². The molecule has 0 heterocycles. The van der Waals surface area contributed by atoms with Crippen molar-refractivity contribution >= 4 is 15.7 Å². The molecule has 2 aromatic rings. The highest BCUT2D eigenvalue weighted by atomic mass is 32.2. The summed E-state index contributed by atoms with van der Waals surface area (Å²) >= 11 is 0. The topological polar surface area (TPSA) is 64.6 Å². The van der Waals surface area contributed by atoms with Gasteiger partial charge in [0.1, 0.15) is 11.5 Å². The van der Waals surface area contributed by atoms with Gasteiger partial charge in [-0.15, -0.1) is 26.3 Å². The van der Waals surface area contributed by atoms with E-state index in [-0.39, 0.29) is 5.69 Å². The molecule has 0 saturated carbocycles. The van der Waals surface area contributed by atoms with Crippen LogP contribution in [0.15, 0.2) is 53.4 Å². The fourth-order valence-corrected chi connectivity index (χ4v) is 2.84. The summed E-state index contributed by atoms with van der Waals surface area (Å²) in [5.74, 6) is -1.27. The Kier molecular flexibility index (Phi) is 5.26. The van der Waals surface area contributed by atoms with Crippen molar-refractivity contribution in [2.75, 3.05) is 4.72 Å². The maximum Gasteiger partial charge on any atom is 0.573 e. The molecule has 26 heavy (non-hydrogen) atoms.